The molecule has 2 heterocycles. The average molecular weight is 493 g/mol. The maximum atomic E-state index is 12.8. The molecule has 1 amide bonds. The highest BCUT2D eigenvalue weighted by Gasteiger charge is 2.18. The molecule has 148 valence electrons. The molecule has 1 aromatic carbocycles. The van der Waals surface area contributed by atoms with E-state index in [0.29, 0.717) is 25.1 Å². The van der Waals surface area contributed by atoms with Crippen molar-refractivity contribution in [3.63, 3.8) is 0 Å². The Labute approximate surface area is 177 Å². The molecule has 0 saturated carbocycles. The number of benzene rings is 1. The molecule has 0 unspecified atom stereocenters. The lowest BCUT2D eigenvalue weighted by atomic mass is 10.2. The van der Waals surface area contributed by atoms with E-state index < -0.39 is 0 Å². The van der Waals surface area contributed by atoms with E-state index in [2.05, 4.69) is 33.0 Å². The van der Waals surface area contributed by atoms with Crippen LogP contribution in [0.1, 0.15) is 29.9 Å². The van der Waals surface area contributed by atoms with E-state index in [1.54, 1.807) is 9.36 Å². The van der Waals surface area contributed by atoms with Gasteiger partial charge in [-0.05, 0) is 61.9 Å². The first-order valence-electron chi connectivity index (χ1n) is 9.14. The standard InChI is InChI=1S/C20H24IN5O2/c1-13-18(21)14(2)25(23-13)12-8-11-17(27)22-19-15(3)24(4)26(20(19)28)16-9-6-5-7-10-16/h5-7,9-10H,8,11-12H2,1-4H3,(H,22,27). The van der Waals surface area contributed by atoms with Crippen LogP contribution in [-0.2, 0) is 18.4 Å². The monoisotopic (exact) mass is 493 g/mol. The SMILES string of the molecule is Cc1nn(CCCC(=O)Nc2c(C)n(C)n(-c3ccccc3)c2=O)c(C)c1I. The van der Waals surface area contributed by atoms with Gasteiger partial charge in [0.25, 0.3) is 5.56 Å². The first-order valence-corrected chi connectivity index (χ1v) is 10.2. The summed E-state index contributed by atoms with van der Waals surface area (Å²) in [5.74, 6) is -0.165. The van der Waals surface area contributed by atoms with Crippen molar-refractivity contribution in [2.45, 2.75) is 40.2 Å². The van der Waals surface area contributed by atoms with Crippen molar-refractivity contribution in [2.24, 2.45) is 7.05 Å². The van der Waals surface area contributed by atoms with Gasteiger partial charge in [-0.15, -0.1) is 0 Å². The molecule has 0 spiro atoms. The largest absolute Gasteiger partial charge is 0.320 e. The molecule has 0 bridgehead atoms. The fraction of sp³-hybridized carbons (Fsp3) is 0.350. The van der Waals surface area contributed by atoms with Gasteiger partial charge in [-0.1, -0.05) is 18.2 Å². The summed E-state index contributed by atoms with van der Waals surface area (Å²) in [5.41, 5.74) is 3.70. The predicted molar refractivity (Wildman–Crippen MR) is 118 cm³/mol. The maximum absolute atomic E-state index is 12.8. The Morgan fingerprint density at radius 3 is 2.43 bits per heavy atom. The molecule has 0 aliphatic rings. The number of carbonyl (C=O) groups excluding carboxylic acids is 1. The lowest BCUT2D eigenvalue weighted by Gasteiger charge is -2.07. The number of anilines is 1. The zero-order valence-electron chi connectivity index (χ0n) is 16.5. The molecule has 0 radical (unpaired) electrons. The quantitative estimate of drug-likeness (QED) is 0.536. The highest BCUT2D eigenvalue weighted by Crippen LogP contribution is 2.17. The van der Waals surface area contributed by atoms with Crippen LogP contribution in [0.15, 0.2) is 35.1 Å². The first-order chi connectivity index (χ1) is 13.3. The highest BCUT2D eigenvalue weighted by molar-refractivity contribution is 14.1. The molecular formula is C20H24IN5O2. The second-order valence-electron chi connectivity index (χ2n) is 6.80. The zero-order chi connectivity index (χ0) is 20.4. The van der Waals surface area contributed by atoms with Gasteiger partial charge in [-0.2, -0.15) is 5.10 Å². The van der Waals surface area contributed by atoms with Crippen molar-refractivity contribution in [2.75, 3.05) is 5.32 Å². The summed E-state index contributed by atoms with van der Waals surface area (Å²) >= 11 is 2.29. The third-order valence-electron chi connectivity index (χ3n) is 4.89. The Balaban J connectivity index is 1.69. The number of carbonyl (C=O) groups is 1. The number of aromatic nitrogens is 4. The van der Waals surface area contributed by atoms with Crippen molar-refractivity contribution >= 4 is 34.2 Å². The van der Waals surface area contributed by atoms with Gasteiger partial charge in [0.15, 0.2) is 0 Å². The van der Waals surface area contributed by atoms with Crippen molar-refractivity contribution < 1.29 is 4.79 Å². The Hall–Kier alpha value is -2.36. The third kappa shape index (κ3) is 3.91. The number of hydrogen-bond acceptors (Lipinski definition) is 3. The van der Waals surface area contributed by atoms with Crippen LogP contribution in [0.5, 0.6) is 0 Å². The van der Waals surface area contributed by atoms with E-state index in [1.807, 2.05) is 62.8 Å². The topological polar surface area (TPSA) is 73.8 Å². The average Bonchev–Trinajstić information content (AvgIpc) is 3.04. The van der Waals surface area contributed by atoms with Gasteiger partial charge in [0.2, 0.25) is 5.91 Å². The molecule has 3 aromatic rings. The molecule has 0 atom stereocenters. The van der Waals surface area contributed by atoms with Gasteiger partial charge in [-0.3, -0.25) is 19.0 Å². The van der Waals surface area contributed by atoms with Crippen molar-refractivity contribution in [3.05, 3.63) is 61.3 Å². The molecule has 0 aliphatic heterocycles. The molecule has 7 nitrogen and oxygen atoms in total. The minimum Gasteiger partial charge on any atom is -0.320 e. The molecular weight excluding hydrogens is 469 g/mol. The smallest absolute Gasteiger partial charge is 0.295 e. The van der Waals surface area contributed by atoms with E-state index in [0.717, 1.165) is 26.3 Å². The Kier molecular flexibility index (Phi) is 6.07. The van der Waals surface area contributed by atoms with Crippen LogP contribution in [0, 0.1) is 24.3 Å². The van der Waals surface area contributed by atoms with E-state index >= 15 is 0 Å². The van der Waals surface area contributed by atoms with Crippen LogP contribution in [-0.4, -0.2) is 25.1 Å². The summed E-state index contributed by atoms with van der Waals surface area (Å²) in [7, 11) is 1.81. The van der Waals surface area contributed by atoms with E-state index in [9.17, 15) is 9.59 Å². The highest BCUT2D eigenvalue weighted by atomic mass is 127. The van der Waals surface area contributed by atoms with Gasteiger partial charge < -0.3 is 5.32 Å². The van der Waals surface area contributed by atoms with Crippen LogP contribution in [0.4, 0.5) is 5.69 Å². The summed E-state index contributed by atoms with van der Waals surface area (Å²) in [6, 6.07) is 9.38. The fourth-order valence-electron chi connectivity index (χ4n) is 3.20. The van der Waals surface area contributed by atoms with Gasteiger partial charge in [0.05, 0.1) is 20.6 Å². The Morgan fingerprint density at radius 2 is 1.82 bits per heavy atom. The van der Waals surface area contributed by atoms with Gasteiger partial charge in [-0.25, -0.2) is 4.68 Å². The lowest BCUT2D eigenvalue weighted by Crippen LogP contribution is -2.23. The van der Waals surface area contributed by atoms with Crippen molar-refractivity contribution in [3.8, 4) is 5.69 Å². The van der Waals surface area contributed by atoms with Gasteiger partial charge in [0, 0.05) is 25.7 Å². The van der Waals surface area contributed by atoms with E-state index in [4.69, 9.17) is 0 Å². The number of nitrogens with zero attached hydrogens (tertiary/aromatic N) is 4. The summed E-state index contributed by atoms with van der Waals surface area (Å²) in [6.45, 7) is 6.51. The Morgan fingerprint density at radius 1 is 1.14 bits per heavy atom. The van der Waals surface area contributed by atoms with Crippen molar-refractivity contribution in [1.82, 2.24) is 19.1 Å². The van der Waals surface area contributed by atoms with Crippen LogP contribution in [0.25, 0.3) is 5.69 Å². The van der Waals surface area contributed by atoms with Crippen molar-refractivity contribution in [1.29, 1.82) is 0 Å². The summed E-state index contributed by atoms with van der Waals surface area (Å²) in [5, 5.41) is 7.29. The summed E-state index contributed by atoms with van der Waals surface area (Å²) in [6.07, 6.45) is 0.983. The van der Waals surface area contributed by atoms with Crippen LogP contribution < -0.4 is 10.9 Å². The first kappa shape index (κ1) is 20.4. The number of aryl methyl sites for hydroxylation is 2. The molecule has 3 rings (SSSR count). The predicted octanol–water partition coefficient (Wildman–Crippen LogP) is 3.32. The van der Waals surface area contributed by atoms with Crippen LogP contribution in [0.3, 0.4) is 0 Å². The summed E-state index contributed by atoms with van der Waals surface area (Å²) < 4.78 is 6.40. The van der Waals surface area contributed by atoms with Crippen LogP contribution >= 0.6 is 22.6 Å². The molecule has 28 heavy (non-hydrogen) atoms. The molecule has 0 saturated heterocycles. The third-order valence-corrected chi connectivity index (χ3v) is 6.45. The number of halogens is 1. The fourth-order valence-corrected chi connectivity index (χ4v) is 3.58. The van der Waals surface area contributed by atoms with Gasteiger partial charge in [0.1, 0.15) is 5.69 Å². The van der Waals surface area contributed by atoms with Gasteiger partial charge >= 0.3 is 0 Å². The normalized spacial score (nSPS) is 11.0. The molecule has 1 N–H and O–H groups in total. The minimum absolute atomic E-state index is 0.165. The number of hydrogen-bond donors (Lipinski definition) is 1. The molecule has 0 fully saturated rings. The molecule has 8 heteroatoms. The minimum atomic E-state index is -0.229. The number of amides is 1. The number of para-hydroxylation sites is 1. The summed E-state index contributed by atoms with van der Waals surface area (Å²) in [4.78, 5) is 25.3. The zero-order valence-corrected chi connectivity index (χ0v) is 18.6. The molecule has 0 aliphatic carbocycles. The lowest BCUT2D eigenvalue weighted by molar-refractivity contribution is -0.116. The Bertz CT molecular complexity index is 1060. The second kappa shape index (κ2) is 8.34. The van der Waals surface area contributed by atoms with Crippen LogP contribution in [0.2, 0.25) is 0 Å². The number of nitrogens with one attached hydrogen (secondary N) is 1. The second-order valence-corrected chi connectivity index (χ2v) is 7.87. The number of rotatable bonds is 6. The maximum Gasteiger partial charge on any atom is 0.295 e. The van der Waals surface area contributed by atoms with E-state index in [-0.39, 0.29) is 11.5 Å². The van der Waals surface area contributed by atoms with E-state index in [1.165, 1.54) is 0 Å². The molecule has 2 aromatic heterocycles.